The van der Waals surface area contributed by atoms with Crippen LogP contribution in [-0.2, 0) is 9.84 Å². The van der Waals surface area contributed by atoms with Gasteiger partial charge in [0.25, 0.3) is 0 Å². The normalized spacial score (nSPS) is 29.2. The van der Waals surface area contributed by atoms with Crippen molar-refractivity contribution in [2.45, 2.75) is 31.7 Å². The van der Waals surface area contributed by atoms with Gasteiger partial charge in [0.1, 0.15) is 3.81 Å². The highest BCUT2D eigenvalue weighted by Crippen LogP contribution is 2.25. The summed E-state index contributed by atoms with van der Waals surface area (Å²) in [6.07, 6.45) is 5.71. The van der Waals surface area contributed by atoms with Gasteiger partial charge in [-0.25, -0.2) is 8.42 Å². The maximum Gasteiger partial charge on any atom is 0.247 e. The zero-order valence-corrected chi connectivity index (χ0v) is 9.94. The second kappa shape index (κ2) is 3.66. The summed E-state index contributed by atoms with van der Waals surface area (Å²) in [5.41, 5.74) is 0. The Morgan fingerprint density at radius 2 is 2.07 bits per heavy atom. The summed E-state index contributed by atoms with van der Waals surface area (Å²) < 4.78 is 23.3. The molecule has 0 saturated heterocycles. The van der Waals surface area contributed by atoms with E-state index in [0.29, 0.717) is 0 Å². The van der Waals surface area contributed by atoms with E-state index < -0.39 is 9.84 Å². The van der Waals surface area contributed by atoms with E-state index in [-0.39, 0.29) is 15.0 Å². The fourth-order valence-corrected chi connectivity index (χ4v) is 3.15. The maximum atomic E-state index is 11.6. The molecule has 1 N–H and O–H groups in total. The van der Waals surface area contributed by atoms with Crippen LogP contribution in [0.4, 0.5) is 0 Å². The molecule has 1 fully saturated rings. The van der Waals surface area contributed by atoms with Crippen LogP contribution in [0.1, 0.15) is 25.7 Å². The molecule has 2 rings (SSSR count). The lowest BCUT2D eigenvalue weighted by Crippen LogP contribution is -2.22. The summed E-state index contributed by atoms with van der Waals surface area (Å²) in [5, 5.41) is 2.77. The first-order chi connectivity index (χ1) is 6.60. The van der Waals surface area contributed by atoms with Crippen molar-refractivity contribution in [1.29, 1.82) is 0 Å². The van der Waals surface area contributed by atoms with Crippen LogP contribution < -0.4 is 5.32 Å². The summed E-state index contributed by atoms with van der Waals surface area (Å²) in [4.78, 5) is 4.21. The topological polar surface area (TPSA) is 58.5 Å². The van der Waals surface area contributed by atoms with Crippen LogP contribution in [0, 0.1) is 0 Å². The van der Waals surface area contributed by atoms with Crippen molar-refractivity contribution < 1.29 is 8.42 Å². The molecular formula is C8H11BrN2O2S. The van der Waals surface area contributed by atoms with E-state index in [0.717, 1.165) is 25.7 Å². The molecule has 0 unspecified atom stereocenters. The first-order valence-corrected chi connectivity index (χ1v) is 6.83. The van der Waals surface area contributed by atoms with Gasteiger partial charge in [0.15, 0.2) is 0 Å². The van der Waals surface area contributed by atoms with Gasteiger partial charge < -0.3 is 5.32 Å². The fourth-order valence-electron chi connectivity index (χ4n) is 1.67. The molecule has 1 aliphatic heterocycles. The third-order valence-electron chi connectivity index (χ3n) is 2.44. The van der Waals surface area contributed by atoms with Gasteiger partial charge in [0.2, 0.25) is 15.0 Å². The van der Waals surface area contributed by atoms with Crippen LogP contribution in [0.15, 0.2) is 15.0 Å². The quantitative estimate of drug-likeness (QED) is 0.791. The molecule has 0 radical (unpaired) electrons. The van der Waals surface area contributed by atoms with Crippen molar-refractivity contribution in [3.63, 3.8) is 0 Å². The lowest BCUT2D eigenvalue weighted by atomic mass is 10.3. The molecule has 1 saturated carbocycles. The molecule has 0 amide bonds. The first-order valence-electron chi connectivity index (χ1n) is 4.56. The number of rotatable bonds is 1. The molecule has 1 aliphatic carbocycles. The molecule has 0 bridgehead atoms. The van der Waals surface area contributed by atoms with Crippen LogP contribution in [0.5, 0.6) is 0 Å². The predicted molar refractivity (Wildman–Crippen MR) is 58.8 cm³/mol. The molecule has 0 aromatic heterocycles. The molecule has 0 aromatic rings. The third-order valence-corrected chi connectivity index (χ3v) is 5.32. The Hall–Kier alpha value is -0.360. The van der Waals surface area contributed by atoms with Crippen molar-refractivity contribution in [2.24, 2.45) is 4.99 Å². The van der Waals surface area contributed by atoms with Crippen molar-refractivity contribution in [3.8, 4) is 0 Å². The summed E-state index contributed by atoms with van der Waals surface area (Å²) >= 11 is 2.98. The number of hydrogen-bond donors (Lipinski definition) is 1. The summed E-state index contributed by atoms with van der Waals surface area (Å²) in [7, 11) is -3.34. The Labute approximate surface area is 91.5 Å². The second-order valence-corrected chi connectivity index (χ2v) is 6.68. The van der Waals surface area contributed by atoms with E-state index in [1.165, 1.54) is 6.20 Å². The largest absolute Gasteiger partial charge is 0.335 e. The van der Waals surface area contributed by atoms with Crippen LogP contribution in [0.2, 0.25) is 0 Å². The maximum absolute atomic E-state index is 11.6. The zero-order chi connectivity index (χ0) is 10.2. The van der Waals surface area contributed by atoms with E-state index in [1.54, 1.807) is 0 Å². The minimum Gasteiger partial charge on any atom is -0.335 e. The molecule has 0 spiro atoms. The van der Waals surface area contributed by atoms with Gasteiger partial charge in [-0.2, -0.15) is 0 Å². The van der Waals surface area contributed by atoms with E-state index in [1.807, 2.05) is 0 Å². The van der Waals surface area contributed by atoms with Gasteiger partial charge in [0.05, 0.1) is 6.04 Å². The first kappa shape index (κ1) is 10.2. The van der Waals surface area contributed by atoms with Gasteiger partial charge in [-0.15, -0.1) is 0 Å². The summed E-state index contributed by atoms with van der Waals surface area (Å²) in [5.74, 6) is 0. The second-order valence-electron chi connectivity index (χ2n) is 3.47. The number of halogens is 1. The third kappa shape index (κ3) is 1.72. The number of nitrogens with zero attached hydrogens (tertiary/aromatic N) is 1. The van der Waals surface area contributed by atoms with Gasteiger partial charge in [0, 0.05) is 6.20 Å². The van der Waals surface area contributed by atoms with Crippen molar-refractivity contribution in [3.05, 3.63) is 10.0 Å². The molecule has 2 aliphatic rings. The zero-order valence-electron chi connectivity index (χ0n) is 7.53. The number of nitrogens with one attached hydrogen (secondary N) is 1. The van der Waals surface area contributed by atoms with Gasteiger partial charge >= 0.3 is 0 Å². The van der Waals surface area contributed by atoms with Gasteiger partial charge in [-0.3, -0.25) is 4.99 Å². The Morgan fingerprint density at radius 3 is 2.57 bits per heavy atom. The smallest absolute Gasteiger partial charge is 0.247 e. The minimum absolute atomic E-state index is 0.0938. The lowest BCUT2D eigenvalue weighted by Gasteiger charge is -2.04. The summed E-state index contributed by atoms with van der Waals surface area (Å²) in [6, 6.07) is 0.180. The molecule has 0 atom stereocenters. The number of aliphatic imine (C=N–C) groups is 1. The van der Waals surface area contributed by atoms with Crippen molar-refractivity contribution >= 4 is 30.9 Å². The highest BCUT2D eigenvalue weighted by Gasteiger charge is 2.30. The molecule has 1 heterocycles. The molecule has 14 heavy (non-hydrogen) atoms. The number of sulfone groups is 1. The van der Waals surface area contributed by atoms with Gasteiger partial charge in [-0.1, -0.05) is 12.8 Å². The monoisotopic (exact) mass is 278 g/mol. The van der Waals surface area contributed by atoms with E-state index in [9.17, 15) is 8.42 Å². The average Bonchev–Trinajstić information content (AvgIpc) is 2.70. The molecule has 78 valence electrons. The number of amidine groups is 1. The Kier molecular flexibility index (Phi) is 2.66. The SMILES string of the molecule is O=S1(=O)C(Br)=CNC1=NC1CCCC1. The fraction of sp³-hybridized carbons (Fsp3) is 0.625. The van der Waals surface area contributed by atoms with E-state index >= 15 is 0 Å². The highest BCUT2D eigenvalue weighted by atomic mass is 79.9. The van der Waals surface area contributed by atoms with Crippen LogP contribution in [0.3, 0.4) is 0 Å². The minimum atomic E-state index is -3.34. The predicted octanol–water partition coefficient (Wildman–Crippen LogP) is 1.50. The van der Waals surface area contributed by atoms with Crippen LogP contribution in [0.25, 0.3) is 0 Å². The Balaban J connectivity index is 2.21. The van der Waals surface area contributed by atoms with E-state index in [2.05, 4.69) is 26.2 Å². The van der Waals surface area contributed by atoms with E-state index in [4.69, 9.17) is 0 Å². The molecular weight excluding hydrogens is 268 g/mol. The Morgan fingerprint density at radius 1 is 1.43 bits per heavy atom. The Bertz CT molecular complexity index is 394. The molecule has 0 aromatic carbocycles. The van der Waals surface area contributed by atoms with Crippen molar-refractivity contribution in [2.75, 3.05) is 0 Å². The van der Waals surface area contributed by atoms with Crippen molar-refractivity contribution in [1.82, 2.24) is 5.32 Å². The highest BCUT2D eigenvalue weighted by molar-refractivity contribution is 9.14. The number of hydrogen-bond acceptors (Lipinski definition) is 3. The van der Waals surface area contributed by atoms with Crippen LogP contribution in [-0.4, -0.2) is 19.6 Å². The van der Waals surface area contributed by atoms with Crippen LogP contribution >= 0.6 is 15.9 Å². The molecule has 4 nitrogen and oxygen atoms in total. The standard InChI is InChI=1S/C8H11BrN2O2S/c9-7-5-10-8(14(7,12)13)11-6-3-1-2-4-6/h5-6H,1-4H2,(H,10,11). The lowest BCUT2D eigenvalue weighted by molar-refractivity contribution is 0.613. The summed E-state index contributed by atoms with van der Waals surface area (Å²) in [6.45, 7) is 0. The molecule has 6 heteroatoms. The average molecular weight is 279 g/mol. The van der Waals surface area contributed by atoms with Gasteiger partial charge in [-0.05, 0) is 28.8 Å².